The van der Waals surface area contributed by atoms with Gasteiger partial charge in [-0.25, -0.2) is 0 Å². The summed E-state index contributed by atoms with van der Waals surface area (Å²) in [7, 11) is 0. The molecule has 2 aliphatic heterocycles. The average molecular weight is 562 g/mol. The van der Waals surface area contributed by atoms with E-state index in [0.717, 1.165) is 30.6 Å². The van der Waals surface area contributed by atoms with Crippen LogP contribution in [0.4, 0.5) is 0 Å². The minimum atomic E-state index is -1.06. The smallest absolute Gasteiger partial charge is 0.304 e. The number of morpholine rings is 1. The number of carboxylic acid groups (broad SMARTS) is 1. The summed E-state index contributed by atoms with van der Waals surface area (Å²) in [5, 5.41) is 11.1. The van der Waals surface area contributed by atoms with Gasteiger partial charge in [0.25, 0.3) is 0 Å². The fourth-order valence-corrected chi connectivity index (χ4v) is 6.59. The summed E-state index contributed by atoms with van der Waals surface area (Å²) < 4.78 is 5.93. The molecule has 0 bridgehead atoms. The number of carbonyl (C=O) groups excluding carboxylic acids is 1. The van der Waals surface area contributed by atoms with E-state index in [0.29, 0.717) is 29.6 Å². The maximum absolute atomic E-state index is 14.4. The van der Waals surface area contributed by atoms with E-state index in [2.05, 4.69) is 25.7 Å². The van der Waals surface area contributed by atoms with Crippen molar-refractivity contribution in [3.8, 4) is 0 Å². The molecule has 38 heavy (non-hydrogen) atoms. The van der Waals surface area contributed by atoms with Gasteiger partial charge in [0.1, 0.15) is 0 Å². The monoisotopic (exact) mass is 560 g/mol. The topological polar surface area (TPSA) is 70.1 Å². The Bertz CT molecular complexity index is 1160. The Morgan fingerprint density at radius 3 is 2.42 bits per heavy atom. The first-order chi connectivity index (χ1) is 17.9. The standard InChI is InChI=1S/C30H38Cl2N2O4/c1-5-24(18-33-13-14-38-29(2,3)19-33)34-27(20-9-11-22(31)12-10-20)25(21-7-6-8-23(32)15-21)16-30(4,28(34)37)17-26(35)36/h6-12,15,24-25,27H,5,13-14,16-19H2,1-4H3,(H,35,36)/t24?,25-,27-,30-/m1/s1. The van der Waals surface area contributed by atoms with Crippen molar-refractivity contribution in [2.45, 2.75) is 70.6 Å². The average Bonchev–Trinajstić information content (AvgIpc) is 2.84. The van der Waals surface area contributed by atoms with Gasteiger partial charge in [0.2, 0.25) is 5.91 Å². The first kappa shape index (κ1) is 28.9. The van der Waals surface area contributed by atoms with Crippen molar-refractivity contribution < 1.29 is 19.4 Å². The summed E-state index contributed by atoms with van der Waals surface area (Å²) in [6, 6.07) is 15.0. The van der Waals surface area contributed by atoms with Crippen molar-refractivity contribution in [3.63, 3.8) is 0 Å². The molecule has 0 aliphatic carbocycles. The van der Waals surface area contributed by atoms with Gasteiger partial charge in [0.05, 0.1) is 30.1 Å². The van der Waals surface area contributed by atoms with Crippen LogP contribution in [0.2, 0.25) is 10.0 Å². The Labute approximate surface area is 235 Å². The lowest BCUT2D eigenvalue weighted by molar-refractivity contribution is -0.162. The van der Waals surface area contributed by atoms with Crippen molar-refractivity contribution in [2.75, 3.05) is 26.2 Å². The van der Waals surface area contributed by atoms with Crippen LogP contribution in [-0.4, -0.2) is 64.7 Å². The minimum Gasteiger partial charge on any atom is -0.481 e. The van der Waals surface area contributed by atoms with Crippen LogP contribution in [0.25, 0.3) is 0 Å². The first-order valence-electron chi connectivity index (χ1n) is 13.3. The van der Waals surface area contributed by atoms with E-state index in [1.165, 1.54) is 0 Å². The molecule has 1 unspecified atom stereocenters. The van der Waals surface area contributed by atoms with Gasteiger partial charge in [-0.15, -0.1) is 0 Å². The van der Waals surface area contributed by atoms with E-state index in [4.69, 9.17) is 27.9 Å². The van der Waals surface area contributed by atoms with E-state index in [1.54, 1.807) is 6.92 Å². The Morgan fingerprint density at radius 2 is 1.82 bits per heavy atom. The van der Waals surface area contributed by atoms with Crippen molar-refractivity contribution in [1.82, 2.24) is 9.80 Å². The Morgan fingerprint density at radius 1 is 1.11 bits per heavy atom. The molecule has 2 aromatic rings. The summed E-state index contributed by atoms with van der Waals surface area (Å²) in [5.41, 5.74) is 0.651. The molecular weight excluding hydrogens is 523 g/mol. The van der Waals surface area contributed by atoms with Crippen molar-refractivity contribution in [2.24, 2.45) is 5.41 Å². The number of hydrogen-bond acceptors (Lipinski definition) is 4. The van der Waals surface area contributed by atoms with E-state index in [9.17, 15) is 14.7 Å². The van der Waals surface area contributed by atoms with Crippen LogP contribution in [0.15, 0.2) is 48.5 Å². The molecule has 4 atom stereocenters. The van der Waals surface area contributed by atoms with Crippen LogP contribution in [0.1, 0.15) is 70.0 Å². The fraction of sp³-hybridized carbons (Fsp3) is 0.533. The SMILES string of the molecule is CCC(CN1CCOC(C)(C)C1)N1C(=O)[C@@](C)(CC(=O)O)C[C@H](c2cccc(Cl)c2)[C@H]1c1ccc(Cl)cc1. The highest BCUT2D eigenvalue weighted by Crippen LogP contribution is 2.52. The highest BCUT2D eigenvalue weighted by atomic mass is 35.5. The highest BCUT2D eigenvalue weighted by Gasteiger charge is 2.52. The number of hydrogen-bond donors (Lipinski definition) is 1. The second-order valence-corrected chi connectivity index (χ2v) is 12.5. The molecular formula is C30H38Cl2N2O4. The predicted molar refractivity (Wildman–Crippen MR) is 151 cm³/mol. The maximum Gasteiger partial charge on any atom is 0.304 e. The number of ether oxygens (including phenoxy) is 1. The van der Waals surface area contributed by atoms with Crippen LogP contribution < -0.4 is 0 Å². The van der Waals surface area contributed by atoms with Gasteiger partial charge in [-0.2, -0.15) is 0 Å². The van der Waals surface area contributed by atoms with Crippen LogP contribution in [0.5, 0.6) is 0 Å². The first-order valence-corrected chi connectivity index (χ1v) is 14.1. The Hall–Kier alpha value is -2.12. The van der Waals surface area contributed by atoms with Gasteiger partial charge in [-0.05, 0) is 62.1 Å². The number of amides is 1. The van der Waals surface area contributed by atoms with Crippen LogP contribution in [0, 0.1) is 5.41 Å². The fourth-order valence-electron chi connectivity index (χ4n) is 6.26. The molecule has 2 fully saturated rings. The number of piperidine rings is 1. The van der Waals surface area contributed by atoms with E-state index in [1.807, 2.05) is 53.4 Å². The second kappa shape index (κ2) is 11.5. The molecule has 8 heteroatoms. The lowest BCUT2D eigenvalue weighted by atomic mass is 9.67. The van der Waals surface area contributed by atoms with Gasteiger partial charge < -0.3 is 14.7 Å². The molecule has 0 saturated carbocycles. The van der Waals surface area contributed by atoms with E-state index >= 15 is 0 Å². The normalized spacial score (nSPS) is 26.8. The third-order valence-corrected chi connectivity index (χ3v) is 8.46. The largest absolute Gasteiger partial charge is 0.481 e. The number of halogens is 2. The summed E-state index contributed by atoms with van der Waals surface area (Å²) in [5.74, 6) is -1.23. The number of likely N-dealkylation sites (tertiary alicyclic amines) is 1. The second-order valence-electron chi connectivity index (χ2n) is 11.6. The Balaban J connectivity index is 1.83. The van der Waals surface area contributed by atoms with Gasteiger partial charge in [0.15, 0.2) is 0 Å². The number of rotatable bonds is 8. The minimum absolute atomic E-state index is 0.113. The molecule has 0 radical (unpaired) electrons. The highest BCUT2D eigenvalue weighted by molar-refractivity contribution is 6.30. The third kappa shape index (κ3) is 6.36. The van der Waals surface area contributed by atoms with Crippen molar-refractivity contribution in [1.29, 1.82) is 0 Å². The maximum atomic E-state index is 14.4. The predicted octanol–water partition coefficient (Wildman–Crippen LogP) is 6.42. The zero-order valence-electron chi connectivity index (χ0n) is 22.6. The number of nitrogens with zero attached hydrogens (tertiary/aromatic N) is 2. The summed E-state index contributed by atoms with van der Waals surface area (Å²) in [6.45, 7) is 10.9. The molecule has 2 saturated heterocycles. The summed E-state index contributed by atoms with van der Waals surface area (Å²) in [4.78, 5) is 30.8. The molecule has 4 rings (SSSR count). The lowest BCUT2D eigenvalue weighted by Gasteiger charge is -2.53. The van der Waals surface area contributed by atoms with Crippen LogP contribution in [0.3, 0.4) is 0 Å². The molecule has 2 heterocycles. The van der Waals surface area contributed by atoms with E-state index in [-0.39, 0.29) is 35.9 Å². The zero-order valence-corrected chi connectivity index (χ0v) is 24.1. The molecule has 6 nitrogen and oxygen atoms in total. The van der Waals surface area contributed by atoms with Crippen LogP contribution in [-0.2, 0) is 14.3 Å². The van der Waals surface area contributed by atoms with Gasteiger partial charge >= 0.3 is 5.97 Å². The van der Waals surface area contributed by atoms with Gasteiger partial charge in [-0.1, -0.05) is 61.3 Å². The lowest BCUT2D eigenvalue weighted by Crippen LogP contribution is -2.59. The number of carboxylic acids is 1. The van der Waals surface area contributed by atoms with Crippen molar-refractivity contribution >= 4 is 35.1 Å². The van der Waals surface area contributed by atoms with Crippen LogP contribution >= 0.6 is 23.2 Å². The molecule has 1 N–H and O–H groups in total. The number of benzene rings is 2. The molecule has 1 amide bonds. The third-order valence-electron chi connectivity index (χ3n) is 7.97. The zero-order chi connectivity index (χ0) is 27.7. The van der Waals surface area contributed by atoms with Gasteiger partial charge in [-0.3, -0.25) is 14.5 Å². The van der Waals surface area contributed by atoms with Crippen molar-refractivity contribution in [3.05, 3.63) is 69.7 Å². The van der Waals surface area contributed by atoms with Gasteiger partial charge in [0, 0.05) is 41.6 Å². The number of carbonyl (C=O) groups is 2. The summed E-state index contributed by atoms with van der Waals surface area (Å²) in [6.07, 6.45) is 0.913. The summed E-state index contributed by atoms with van der Waals surface area (Å²) >= 11 is 12.7. The number of aliphatic carboxylic acids is 1. The molecule has 206 valence electrons. The Kier molecular flexibility index (Phi) is 8.78. The molecule has 2 aliphatic rings. The molecule has 0 aromatic heterocycles. The van der Waals surface area contributed by atoms with E-state index < -0.39 is 11.4 Å². The molecule has 2 aromatic carbocycles. The molecule has 0 spiro atoms. The quantitative estimate of drug-likeness (QED) is 0.403.